The molecular weight excluding hydrogens is 242 g/mol. The van der Waals surface area contributed by atoms with Gasteiger partial charge in [0.2, 0.25) is 0 Å². The van der Waals surface area contributed by atoms with Crippen molar-refractivity contribution in [3.8, 4) is 0 Å². The highest BCUT2D eigenvalue weighted by atomic mass is 32.1. The Morgan fingerprint density at radius 2 is 2.39 bits per heavy atom. The molecule has 18 heavy (non-hydrogen) atoms. The molecule has 0 aliphatic carbocycles. The minimum Gasteiger partial charge on any atom is -0.315 e. The number of aromatic nitrogens is 1. The van der Waals surface area contributed by atoms with E-state index in [9.17, 15) is 0 Å². The summed E-state index contributed by atoms with van der Waals surface area (Å²) in [7, 11) is 0. The summed E-state index contributed by atoms with van der Waals surface area (Å²) >= 11 is 1.80. The van der Waals surface area contributed by atoms with Gasteiger partial charge in [-0.2, -0.15) is 0 Å². The van der Waals surface area contributed by atoms with Crippen LogP contribution in [0.3, 0.4) is 0 Å². The molecule has 4 heteroatoms. The van der Waals surface area contributed by atoms with Crippen LogP contribution in [-0.2, 0) is 6.42 Å². The maximum Gasteiger partial charge on any atom is 0.0797 e. The van der Waals surface area contributed by atoms with Gasteiger partial charge in [-0.15, -0.1) is 11.3 Å². The molecule has 0 aromatic carbocycles. The van der Waals surface area contributed by atoms with Gasteiger partial charge in [-0.05, 0) is 45.7 Å². The van der Waals surface area contributed by atoms with E-state index in [4.69, 9.17) is 0 Å². The Hall–Kier alpha value is -0.450. The molecule has 1 atom stereocenters. The van der Waals surface area contributed by atoms with Crippen LogP contribution in [0.5, 0.6) is 0 Å². The Labute approximate surface area is 115 Å². The summed E-state index contributed by atoms with van der Waals surface area (Å²) in [5.74, 6) is 0. The number of hydrogen-bond donors (Lipinski definition) is 1. The van der Waals surface area contributed by atoms with E-state index in [2.05, 4.69) is 29.0 Å². The van der Waals surface area contributed by atoms with Gasteiger partial charge >= 0.3 is 0 Å². The summed E-state index contributed by atoms with van der Waals surface area (Å²) < 4.78 is 0. The smallest absolute Gasteiger partial charge is 0.0797 e. The van der Waals surface area contributed by atoms with E-state index in [-0.39, 0.29) is 0 Å². The Morgan fingerprint density at radius 3 is 3.00 bits per heavy atom. The molecule has 0 radical (unpaired) electrons. The second-order valence-corrected chi connectivity index (χ2v) is 6.09. The first-order valence-electron chi connectivity index (χ1n) is 7.15. The lowest BCUT2D eigenvalue weighted by atomic mass is 10.1. The molecule has 1 aliphatic rings. The zero-order chi connectivity index (χ0) is 12.8. The van der Waals surface area contributed by atoms with Crippen LogP contribution >= 0.6 is 11.3 Å². The van der Waals surface area contributed by atoms with Crippen LogP contribution in [-0.4, -0.2) is 42.1 Å². The monoisotopic (exact) mass is 267 g/mol. The highest BCUT2D eigenvalue weighted by Crippen LogP contribution is 2.16. The van der Waals surface area contributed by atoms with E-state index in [1.54, 1.807) is 11.3 Å². The number of rotatable bonds is 6. The van der Waals surface area contributed by atoms with Crippen molar-refractivity contribution in [1.82, 2.24) is 15.2 Å². The van der Waals surface area contributed by atoms with Gasteiger partial charge in [0.1, 0.15) is 0 Å². The summed E-state index contributed by atoms with van der Waals surface area (Å²) in [6, 6.07) is 0.743. The number of nitrogens with zero attached hydrogens (tertiary/aromatic N) is 2. The van der Waals surface area contributed by atoms with Crippen molar-refractivity contribution in [2.45, 2.75) is 45.6 Å². The molecule has 0 amide bonds. The highest BCUT2D eigenvalue weighted by Gasteiger charge is 2.20. The van der Waals surface area contributed by atoms with Gasteiger partial charge in [0.05, 0.1) is 11.2 Å². The van der Waals surface area contributed by atoms with E-state index in [0.29, 0.717) is 0 Å². The second-order valence-electron chi connectivity index (χ2n) is 5.15. The van der Waals surface area contributed by atoms with E-state index < -0.39 is 0 Å². The quantitative estimate of drug-likeness (QED) is 0.858. The average molecular weight is 267 g/mol. The van der Waals surface area contributed by atoms with Gasteiger partial charge in [0.25, 0.3) is 0 Å². The van der Waals surface area contributed by atoms with Crippen molar-refractivity contribution < 1.29 is 0 Å². The standard InChI is InChI=1S/C14H25N3S/c1-3-8-17(13-5-4-7-15-10-13)9-6-14-12(2)16-11-18-14/h11,13,15H,3-10H2,1-2H3. The molecule has 1 saturated heterocycles. The van der Waals surface area contributed by atoms with Crippen molar-refractivity contribution in [3.05, 3.63) is 16.1 Å². The van der Waals surface area contributed by atoms with E-state index >= 15 is 0 Å². The molecule has 1 aromatic rings. The van der Waals surface area contributed by atoms with E-state index in [1.165, 1.54) is 56.0 Å². The van der Waals surface area contributed by atoms with Crippen molar-refractivity contribution in [3.63, 3.8) is 0 Å². The molecule has 0 spiro atoms. The molecule has 1 N–H and O–H groups in total. The maximum atomic E-state index is 4.34. The van der Waals surface area contributed by atoms with Crippen LogP contribution in [0.15, 0.2) is 5.51 Å². The van der Waals surface area contributed by atoms with Gasteiger partial charge in [-0.3, -0.25) is 4.90 Å². The largest absolute Gasteiger partial charge is 0.315 e. The molecule has 1 unspecified atom stereocenters. The molecule has 1 aromatic heterocycles. The van der Waals surface area contributed by atoms with Crippen LogP contribution in [0.25, 0.3) is 0 Å². The summed E-state index contributed by atoms with van der Waals surface area (Å²) in [5, 5.41) is 3.53. The third kappa shape index (κ3) is 3.77. The molecule has 0 saturated carbocycles. The third-order valence-electron chi connectivity index (χ3n) is 3.77. The van der Waals surface area contributed by atoms with Gasteiger partial charge < -0.3 is 5.32 Å². The maximum absolute atomic E-state index is 4.34. The Bertz CT molecular complexity index is 345. The van der Waals surface area contributed by atoms with Crippen molar-refractivity contribution in [2.75, 3.05) is 26.2 Å². The first-order valence-corrected chi connectivity index (χ1v) is 8.03. The fraction of sp³-hybridized carbons (Fsp3) is 0.786. The van der Waals surface area contributed by atoms with Crippen molar-refractivity contribution in [2.24, 2.45) is 0 Å². The number of thiazole rings is 1. The molecular formula is C14H25N3S. The summed E-state index contributed by atoms with van der Waals surface area (Å²) in [5.41, 5.74) is 3.19. The SMILES string of the molecule is CCCN(CCc1scnc1C)C1CCCNC1. The fourth-order valence-electron chi connectivity index (χ4n) is 2.72. The lowest BCUT2D eigenvalue weighted by Gasteiger charge is -2.34. The number of hydrogen-bond acceptors (Lipinski definition) is 4. The highest BCUT2D eigenvalue weighted by molar-refractivity contribution is 7.09. The summed E-state index contributed by atoms with van der Waals surface area (Å²) in [4.78, 5) is 8.47. The van der Waals surface area contributed by atoms with Crippen molar-refractivity contribution in [1.29, 1.82) is 0 Å². The second kappa shape index (κ2) is 7.22. The number of piperidine rings is 1. The number of aryl methyl sites for hydroxylation is 1. The van der Waals surface area contributed by atoms with Crippen LogP contribution < -0.4 is 5.32 Å². The lowest BCUT2D eigenvalue weighted by Crippen LogP contribution is -2.47. The lowest BCUT2D eigenvalue weighted by molar-refractivity contribution is 0.168. The summed E-state index contributed by atoms with van der Waals surface area (Å²) in [6.45, 7) is 9.18. The zero-order valence-electron chi connectivity index (χ0n) is 11.6. The first-order chi connectivity index (χ1) is 8.81. The molecule has 1 fully saturated rings. The minimum atomic E-state index is 0.743. The van der Waals surface area contributed by atoms with Crippen LogP contribution in [0, 0.1) is 6.92 Å². The fourth-order valence-corrected chi connectivity index (χ4v) is 3.49. The average Bonchev–Trinajstić information content (AvgIpc) is 2.81. The summed E-state index contributed by atoms with van der Waals surface area (Å²) in [6.07, 6.45) is 5.09. The molecule has 102 valence electrons. The normalized spacial score (nSPS) is 20.5. The van der Waals surface area contributed by atoms with Crippen LogP contribution in [0.1, 0.15) is 36.8 Å². The molecule has 1 aliphatic heterocycles. The molecule has 3 nitrogen and oxygen atoms in total. The van der Waals surface area contributed by atoms with Crippen LogP contribution in [0.4, 0.5) is 0 Å². The minimum absolute atomic E-state index is 0.743. The van der Waals surface area contributed by atoms with Gasteiger partial charge in [-0.25, -0.2) is 4.98 Å². The van der Waals surface area contributed by atoms with Crippen LogP contribution in [0.2, 0.25) is 0 Å². The molecule has 0 bridgehead atoms. The van der Waals surface area contributed by atoms with Crippen molar-refractivity contribution >= 4 is 11.3 Å². The Kier molecular flexibility index (Phi) is 5.60. The predicted octanol–water partition coefficient (Wildman–Crippen LogP) is 2.46. The Balaban J connectivity index is 1.87. The third-order valence-corrected chi connectivity index (χ3v) is 4.76. The van der Waals surface area contributed by atoms with E-state index in [1.807, 2.05) is 5.51 Å². The topological polar surface area (TPSA) is 28.2 Å². The Morgan fingerprint density at radius 1 is 1.50 bits per heavy atom. The van der Waals surface area contributed by atoms with Gasteiger partial charge in [0.15, 0.2) is 0 Å². The number of nitrogens with one attached hydrogen (secondary N) is 1. The first kappa shape index (κ1) is 14.0. The molecule has 2 heterocycles. The van der Waals surface area contributed by atoms with Gasteiger partial charge in [0, 0.05) is 24.0 Å². The zero-order valence-corrected chi connectivity index (χ0v) is 12.4. The predicted molar refractivity (Wildman–Crippen MR) is 78.3 cm³/mol. The van der Waals surface area contributed by atoms with E-state index in [0.717, 1.165) is 12.5 Å². The van der Waals surface area contributed by atoms with Gasteiger partial charge in [-0.1, -0.05) is 6.92 Å². The molecule has 2 rings (SSSR count).